The topological polar surface area (TPSA) is 20.3 Å². The summed E-state index contributed by atoms with van der Waals surface area (Å²) in [6.45, 7) is 0.917. The Bertz CT molecular complexity index is 570. The molecule has 2 nitrogen and oxygen atoms in total. The second kappa shape index (κ2) is 5.68. The van der Waals surface area contributed by atoms with Crippen LogP contribution in [0.1, 0.15) is 56.4 Å². The molecule has 1 amide bonds. The molecule has 1 heterocycles. The number of hydrogen-bond donors (Lipinski definition) is 0. The van der Waals surface area contributed by atoms with E-state index in [1.807, 2.05) is 12.1 Å². The lowest BCUT2D eigenvalue weighted by molar-refractivity contribution is -0.139. The first-order valence-electron chi connectivity index (χ1n) is 8.80. The van der Waals surface area contributed by atoms with Gasteiger partial charge in [0.15, 0.2) is 0 Å². The number of hydrogen-bond acceptors (Lipinski definition) is 1. The van der Waals surface area contributed by atoms with Crippen LogP contribution in [0.3, 0.4) is 0 Å². The lowest BCUT2D eigenvalue weighted by Gasteiger charge is -2.44. The fourth-order valence-corrected chi connectivity index (χ4v) is 4.70. The number of piperidine rings is 1. The third kappa shape index (κ3) is 2.45. The molecule has 3 aliphatic rings. The zero-order valence-corrected chi connectivity index (χ0v) is 13.0. The molecule has 4 atom stereocenters. The predicted molar refractivity (Wildman–Crippen MR) is 83.9 cm³/mol. The summed E-state index contributed by atoms with van der Waals surface area (Å²) >= 11 is 0. The van der Waals surface area contributed by atoms with E-state index in [1.165, 1.54) is 38.2 Å². The van der Waals surface area contributed by atoms with Gasteiger partial charge < -0.3 is 4.90 Å². The summed E-state index contributed by atoms with van der Waals surface area (Å²) in [6.07, 6.45) is 8.30. The molecular formula is C19H24FNO. The van der Waals surface area contributed by atoms with Crippen molar-refractivity contribution < 1.29 is 9.18 Å². The van der Waals surface area contributed by atoms with E-state index >= 15 is 0 Å². The van der Waals surface area contributed by atoms with Crippen molar-refractivity contribution in [2.24, 2.45) is 11.8 Å². The van der Waals surface area contributed by atoms with Gasteiger partial charge in [-0.3, -0.25) is 4.79 Å². The smallest absolute Gasteiger partial charge is 0.226 e. The first-order valence-corrected chi connectivity index (χ1v) is 8.80. The van der Waals surface area contributed by atoms with Gasteiger partial charge >= 0.3 is 0 Å². The van der Waals surface area contributed by atoms with Crippen LogP contribution in [-0.4, -0.2) is 23.4 Å². The molecule has 118 valence electrons. The highest BCUT2D eigenvalue weighted by Gasteiger charge is 2.49. The molecule has 4 unspecified atom stereocenters. The lowest BCUT2D eigenvalue weighted by Crippen LogP contribution is -2.50. The highest BCUT2D eigenvalue weighted by molar-refractivity contribution is 5.83. The van der Waals surface area contributed by atoms with Crippen LogP contribution in [0, 0.1) is 17.7 Å². The summed E-state index contributed by atoms with van der Waals surface area (Å²) in [5.41, 5.74) is 0.734. The third-order valence-corrected chi connectivity index (χ3v) is 5.94. The summed E-state index contributed by atoms with van der Waals surface area (Å²) in [5.74, 6) is 0.995. The highest BCUT2D eigenvalue weighted by Crippen LogP contribution is 2.50. The second-order valence-electron chi connectivity index (χ2n) is 7.26. The van der Waals surface area contributed by atoms with Crippen LogP contribution in [-0.2, 0) is 4.79 Å². The highest BCUT2D eigenvalue weighted by atomic mass is 19.1. The Morgan fingerprint density at radius 3 is 2.73 bits per heavy atom. The average molecular weight is 301 g/mol. The van der Waals surface area contributed by atoms with Gasteiger partial charge in [0.05, 0.1) is 0 Å². The van der Waals surface area contributed by atoms with E-state index in [0.717, 1.165) is 30.9 Å². The zero-order valence-electron chi connectivity index (χ0n) is 13.0. The van der Waals surface area contributed by atoms with Crippen molar-refractivity contribution in [3.63, 3.8) is 0 Å². The minimum atomic E-state index is -0.156. The van der Waals surface area contributed by atoms with Crippen LogP contribution >= 0.6 is 0 Å². The molecule has 22 heavy (non-hydrogen) atoms. The Hall–Kier alpha value is -1.38. The van der Waals surface area contributed by atoms with Crippen molar-refractivity contribution >= 4 is 5.91 Å². The molecule has 0 bridgehead atoms. The lowest BCUT2D eigenvalue weighted by atomic mass is 9.78. The summed E-state index contributed by atoms with van der Waals surface area (Å²) in [5, 5.41) is 0. The second-order valence-corrected chi connectivity index (χ2v) is 7.26. The Balaban J connectivity index is 1.47. The van der Waals surface area contributed by atoms with Gasteiger partial charge in [0.1, 0.15) is 5.82 Å². The standard InChI is InChI=1S/C19H24FNO/c20-17-9-3-2-8-14(17)15-12-16(15)19(22)21-11-5-7-13-6-1-4-10-18(13)21/h2-3,8-9,13,15-16,18H,1,4-7,10-12H2. The monoisotopic (exact) mass is 301 g/mol. The summed E-state index contributed by atoms with van der Waals surface area (Å²) in [4.78, 5) is 15.1. The van der Waals surface area contributed by atoms with Gasteiger partial charge in [0.2, 0.25) is 5.91 Å². The molecule has 0 N–H and O–H groups in total. The summed E-state index contributed by atoms with van der Waals surface area (Å²) in [7, 11) is 0. The maximum Gasteiger partial charge on any atom is 0.226 e. The maximum atomic E-state index is 13.9. The number of fused-ring (bicyclic) bond motifs is 1. The number of rotatable bonds is 2. The summed E-state index contributed by atoms with van der Waals surface area (Å²) < 4.78 is 13.9. The number of benzene rings is 1. The number of carbonyl (C=O) groups is 1. The SMILES string of the molecule is O=C(C1CC1c1ccccc1F)N1CCCC2CCCCC21. The van der Waals surface area contributed by atoms with Gasteiger partial charge in [0, 0.05) is 18.5 Å². The van der Waals surface area contributed by atoms with E-state index in [-0.39, 0.29) is 17.7 Å². The molecule has 1 aromatic rings. The zero-order chi connectivity index (χ0) is 15.1. The fourth-order valence-electron chi connectivity index (χ4n) is 4.70. The molecule has 1 aromatic carbocycles. The van der Waals surface area contributed by atoms with Crippen LogP contribution in [0.25, 0.3) is 0 Å². The van der Waals surface area contributed by atoms with E-state index < -0.39 is 0 Å². The van der Waals surface area contributed by atoms with Gasteiger partial charge in [0.25, 0.3) is 0 Å². The van der Waals surface area contributed by atoms with Crippen LogP contribution in [0.2, 0.25) is 0 Å². The Morgan fingerprint density at radius 2 is 1.86 bits per heavy atom. The molecule has 0 aromatic heterocycles. The number of nitrogens with zero attached hydrogens (tertiary/aromatic N) is 1. The molecule has 0 spiro atoms. The predicted octanol–water partition coefficient (Wildman–Crippen LogP) is 4.11. The summed E-state index contributed by atoms with van der Waals surface area (Å²) in [6, 6.07) is 7.41. The fraction of sp³-hybridized carbons (Fsp3) is 0.632. The van der Waals surface area contributed by atoms with Crippen LogP contribution in [0.5, 0.6) is 0 Å². The van der Waals surface area contributed by atoms with E-state index in [9.17, 15) is 9.18 Å². The Kier molecular flexibility index (Phi) is 3.67. The Labute approximate surface area is 131 Å². The molecule has 3 fully saturated rings. The molecule has 1 saturated heterocycles. The van der Waals surface area contributed by atoms with Crippen molar-refractivity contribution in [2.45, 2.75) is 56.9 Å². The van der Waals surface area contributed by atoms with Crippen LogP contribution in [0.15, 0.2) is 24.3 Å². The number of halogens is 1. The minimum Gasteiger partial charge on any atom is -0.339 e. The first kappa shape index (κ1) is 14.2. The van der Waals surface area contributed by atoms with Crippen LogP contribution in [0.4, 0.5) is 4.39 Å². The van der Waals surface area contributed by atoms with Gasteiger partial charge in [-0.1, -0.05) is 31.0 Å². The number of amides is 1. The van der Waals surface area contributed by atoms with Gasteiger partial charge in [-0.25, -0.2) is 4.39 Å². The van der Waals surface area contributed by atoms with E-state index in [0.29, 0.717) is 11.9 Å². The normalized spacial score (nSPS) is 34.1. The van der Waals surface area contributed by atoms with Gasteiger partial charge in [-0.05, 0) is 55.6 Å². The quantitative estimate of drug-likeness (QED) is 0.805. The third-order valence-electron chi connectivity index (χ3n) is 5.94. The van der Waals surface area contributed by atoms with Crippen molar-refractivity contribution in [1.82, 2.24) is 4.90 Å². The largest absolute Gasteiger partial charge is 0.339 e. The van der Waals surface area contributed by atoms with E-state index in [4.69, 9.17) is 0 Å². The Morgan fingerprint density at radius 1 is 1.09 bits per heavy atom. The van der Waals surface area contributed by atoms with Crippen molar-refractivity contribution in [3.8, 4) is 0 Å². The van der Waals surface area contributed by atoms with E-state index in [2.05, 4.69) is 4.90 Å². The van der Waals surface area contributed by atoms with E-state index in [1.54, 1.807) is 6.07 Å². The molecule has 1 aliphatic heterocycles. The number of likely N-dealkylation sites (tertiary alicyclic amines) is 1. The van der Waals surface area contributed by atoms with Gasteiger partial charge in [-0.2, -0.15) is 0 Å². The molecule has 2 aliphatic carbocycles. The maximum absolute atomic E-state index is 13.9. The molecular weight excluding hydrogens is 277 g/mol. The van der Waals surface area contributed by atoms with Crippen molar-refractivity contribution in [2.75, 3.05) is 6.54 Å². The molecule has 3 heteroatoms. The molecule has 0 radical (unpaired) electrons. The van der Waals surface area contributed by atoms with Gasteiger partial charge in [-0.15, -0.1) is 0 Å². The van der Waals surface area contributed by atoms with Crippen molar-refractivity contribution in [3.05, 3.63) is 35.6 Å². The molecule has 2 saturated carbocycles. The minimum absolute atomic E-state index is 0.0255. The average Bonchev–Trinajstić information content (AvgIpc) is 3.34. The van der Waals surface area contributed by atoms with Crippen molar-refractivity contribution in [1.29, 1.82) is 0 Å². The van der Waals surface area contributed by atoms with Crippen LogP contribution < -0.4 is 0 Å². The molecule has 4 rings (SSSR count). The number of carbonyl (C=O) groups excluding carboxylic acids is 1. The first-order chi connectivity index (χ1) is 10.8.